The second-order valence-electron chi connectivity index (χ2n) is 6.22. The summed E-state index contributed by atoms with van der Waals surface area (Å²) in [5.41, 5.74) is 2.07. The van der Waals surface area contributed by atoms with Crippen molar-refractivity contribution < 1.29 is 4.79 Å². The van der Waals surface area contributed by atoms with Crippen LogP contribution in [-0.2, 0) is 4.79 Å². The topological polar surface area (TPSA) is 65.5 Å². The molecule has 0 fully saturated rings. The van der Waals surface area contributed by atoms with Crippen molar-refractivity contribution in [3.63, 3.8) is 0 Å². The first-order valence-corrected chi connectivity index (χ1v) is 10.2. The van der Waals surface area contributed by atoms with Crippen LogP contribution in [0.2, 0.25) is 5.02 Å². The van der Waals surface area contributed by atoms with Crippen molar-refractivity contribution in [3.8, 4) is 0 Å². The van der Waals surface area contributed by atoms with Gasteiger partial charge in [0, 0.05) is 53.8 Å². The SMILES string of the molecule is CN=C(NCCSc1ccc(Cl)cc1)NCC1CC(=O)Nc2ccccc21.I. The Kier molecular flexibility index (Phi) is 9.40. The van der Waals surface area contributed by atoms with Gasteiger partial charge in [0.25, 0.3) is 0 Å². The van der Waals surface area contributed by atoms with E-state index in [-0.39, 0.29) is 35.8 Å². The lowest BCUT2D eigenvalue weighted by molar-refractivity contribution is -0.116. The first kappa shape index (κ1) is 22.8. The molecule has 0 bridgehead atoms. The van der Waals surface area contributed by atoms with E-state index in [1.54, 1.807) is 18.8 Å². The van der Waals surface area contributed by atoms with Crippen LogP contribution in [0.25, 0.3) is 0 Å². The third-order valence-corrected chi connectivity index (χ3v) is 5.59. The molecule has 0 aliphatic carbocycles. The molecule has 3 rings (SSSR count). The molecule has 1 heterocycles. The van der Waals surface area contributed by atoms with Gasteiger partial charge in [0.15, 0.2) is 5.96 Å². The van der Waals surface area contributed by atoms with E-state index in [0.29, 0.717) is 13.0 Å². The number of hydrogen-bond donors (Lipinski definition) is 3. The number of halogens is 2. The molecular formula is C20H24ClIN4OS. The van der Waals surface area contributed by atoms with E-state index in [9.17, 15) is 4.79 Å². The fourth-order valence-corrected chi connectivity index (χ4v) is 3.89. The minimum absolute atomic E-state index is 0. The molecule has 8 heteroatoms. The van der Waals surface area contributed by atoms with Gasteiger partial charge in [-0.2, -0.15) is 0 Å². The smallest absolute Gasteiger partial charge is 0.225 e. The summed E-state index contributed by atoms with van der Waals surface area (Å²) < 4.78 is 0. The molecule has 0 saturated heterocycles. The van der Waals surface area contributed by atoms with Gasteiger partial charge in [0.1, 0.15) is 0 Å². The maximum atomic E-state index is 11.9. The predicted octanol–water partition coefficient (Wildman–Crippen LogP) is 4.34. The molecule has 1 atom stereocenters. The number of nitrogens with one attached hydrogen (secondary N) is 3. The summed E-state index contributed by atoms with van der Waals surface area (Å²) >= 11 is 7.66. The molecule has 3 N–H and O–H groups in total. The van der Waals surface area contributed by atoms with Gasteiger partial charge in [0.2, 0.25) is 5.91 Å². The summed E-state index contributed by atoms with van der Waals surface area (Å²) in [5, 5.41) is 10.3. The van der Waals surface area contributed by atoms with Crippen LogP contribution in [0.4, 0.5) is 5.69 Å². The van der Waals surface area contributed by atoms with Gasteiger partial charge in [0.05, 0.1) is 0 Å². The second kappa shape index (κ2) is 11.5. The Labute approximate surface area is 192 Å². The summed E-state index contributed by atoms with van der Waals surface area (Å²) in [4.78, 5) is 17.4. The Morgan fingerprint density at radius 3 is 2.71 bits per heavy atom. The van der Waals surface area contributed by atoms with E-state index in [1.807, 2.05) is 42.5 Å². The quantitative estimate of drug-likeness (QED) is 0.171. The maximum absolute atomic E-state index is 11.9. The lowest BCUT2D eigenvalue weighted by Crippen LogP contribution is -2.41. The number of aliphatic imine (C=N–C) groups is 1. The molecule has 2 aromatic rings. The van der Waals surface area contributed by atoms with Gasteiger partial charge in [-0.3, -0.25) is 9.79 Å². The first-order valence-electron chi connectivity index (χ1n) is 8.87. The zero-order valence-electron chi connectivity index (χ0n) is 15.6. The van der Waals surface area contributed by atoms with E-state index >= 15 is 0 Å². The Hall–Kier alpha value is -1.45. The van der Waals surface area contributed by atoms with Gasteiger partial charge < -0.3 is 16.0 Å². The van der Waals surface area contributed by atoms with Gasteiger partial charge in [-0.25, -0.2) is 0 Å². The van der Waals surface area contributed by atoms with Crippen LogP contribution in [0.1, 0.15) is 17.9 Å². The Morgan fingerprint density at radius 1 is 1.21 bits per heavy atom. The van der Waals surface area contributed by atoms with Gasteiger partial charge in [-0.05, 0) is 35.9 Å². The largest absolute Gasteiger partial charge is 0.356 e. The van der Waals surface area contributed by atoms with Crippen LogP contribution >= 0.6 is 47.3 Å². The number of thioether (sulfide) groups is 1. The monoisotopic (exact) mass is 530 g/mol. The van der Waals surface area contributed by atoms with E-state index in [1.165, 1.54) is 10.5 Å². The summed E-state index contributed by atoms with van der Waals surface area (Å²) in [5.74, 6) is 1.85. The molecule has 0 aromatic heterocycles. The average molecular weight is 531 g/mol. The summed E-state index contributed by atoms with van der Waals surface area (Å²) in [6, 6.07) is 15.8. The number of amides is 1. The van der Waals surface area contributed by atoms with Crippen LogP contribution in [0, 0.1) is 0 Å². The number of benzene rings is 2. The Balaban J connectivity index is 0.00000280. The lowest BCUT2D eigenvalue weighted by atomic mass is 9.90. The van der Waals surface area contributed by atoms with E-state index in [0.717, 1.165) is 29.0 Å². The number of hydrogen-bond acceptors (Lipinski definition) is 3. The molecule has 2 aromatic carbocycles. The molecule has 5 nitrogen and oxygen atoms in total. The Morgan fingerprint density at radius 2 is 1.96 bits per heavy atom. The molecule has 1 aliphatic rings. The van der Waals surface area contributed by atoms with Gasteiger partial charge >= 0.3 is 0 Å². The maximum Gasteiger partial charge on any atom is 0.225 e. The van der Waals surface area contributed by atoms with Crippen molar-refractivity contribution >= 4 is 64.9 Å². The number of para-hydroxylation sites is 1. The standard InChI is InChI=1S/C20H23ClN4OS.HI/c1-22-20(23-10-11-27-16-8-6-15(21)7-9-16)24-13-14-12-19(26)25-18-5-3-2-4-17(14)18;/h2-9,14H,10-13H2,1H3,(H,25,26)(H2,22,23,24);1H. The molecule has 0 spiro atoms. The molecule has 28 heavy (non-hydrogen) atoms. The summed E-state index contributed by atoms with van der Waals surface area (Å²) in [6.07, 6.45) is 0.480. The second-order valence-corrected chi connectivity index (χ2v) is 7.82. The zero-order valence-corrected chi connectivity index (χ0v) is 19.5. The number of fused-ring (bicyclic) bond motifs is 1. The fraction of sp³-hybridized carbons (Fsp3) is 0.300. The zero-order chi connectivity index (χ0) is 19.1. The van der Waals surface area contributed by atoms with Crippen molar-refractivity contribution in [2.75, 3.05) is 31.2 Å². The van der Waals surface area contributed by atoms with E-state index < -0.39 is 0 Å². The number of carbonyl (C=O) groups excluding carboxylic acids is 1. The summed E-state index contributed by atoms with van der Waals surface area (Å²) in [6.45, 7) is 1.45. The molecule has 0 saturated carbocycles. The number of anilines is 1. The van der Waals surface area contributed by atoms with E-state index in [4.69, 9.17) is 11.6 Å². The number of rotatable bonds is 6. The molecule has 0 radical (unpaired) electrons. The third-order valence-electron chi connectivity index (χ3n) is 4.32. The average Bonchev–Trinajstić information content (AvgIpc) is 2.68. The van der Waals surface area contributed by atoms with Crippen molar-refractivity contribution in [1.29, 1.82) is 0 Å². The highest BCUT2D eigenvalue weighted by molar-refractivity contribution is 14.0. The molecule has 1 aliphatic heterocycles. The van der Waals surface area contributed by atoms with Crippen molar-refractivity contribution in [3.05, 3.63) is 59.1 Å². The van der Waals surface area contributed by atoms with Gasteiger partial charge in [-0.15, -0.1) is 35.7 Å². The summed E-state index contributed by atoms with van der Waals surface area (Å²) in [7, 11) is 1.75. The number of guanidine groups is 1. The minimum Gasteiger partial charge on any atom is -0.356 e. The van der Waals surface area contributed by atoms with Crippen LogP contribution in [0.15, 0.2) is 58.4 Å². The molecule has 1 unspecified atom stereocenters. The fourth-order valence-electron chi connectivity index (χ4n) is 2.99. The van der Waals surface area contributed by atoms with Crippen LogP contribution in [-0.4, -0.2) is 37.8 Å². The van der Waals surface area contributed by atoms with Crippen LogP contribution in [0.3, 0.4) is 0 Å². The normalized spacial score (nSPS) is 15.9. The molecule has 1 amide bonds. The van der Waals surface area contributed by atoms with Crippen molar-refractivity contribution in [2.45, 2.75) is 17.2 Å². The first-order chi connectivity index (χ1) is 13.2. The molecular weight excluding hydrogens is 507 g/mol. The highest BCUT2D eigenvalue weighted by Gasteiger charge is 2.24. The molecule has 150 valence electrons. The minimum atomic E-state index is 0. The van der Waals surface area contributed by atoms with Crippen molar-refractivity contribution in [1.82, 2.24) is 10.6 Å². The van der Waals surface area contributed by atoms with Crippen LogP contribution < -0.4 is 16.0 Å². The number of nitrogens with zero attached hydrogens (tertiary/aromatic N) is 1. The Bertz CT molecular complexity index is 816. The van der Waals surface area contributed by atoms with Gasteiger partial charge in [-0.1, -0.05) is 29.8 Å². The van der Waals surface area contributed by atoms with Crippen molar-refractivity contribution in [2.24, 2.45) is 4.99 Å². The third kappa shape index (κ3) is 6.56. The highest BCUT2D eigenvalue weighted by Crippen LogP contribution is 2.31. The lowest BCUT2D eigenvalue weighted by Gasteiger charge is -2.26. The number of carbonyl (C=O) groups is 1. The highest BCUT2D eigenvalue weighted by atomic mass is 127. The van der Waals surface area contributed by atoms with Crippen LogP contribution in [0.5, 0.6) is 0 Å². The predicted molar refractivity (Wildman–Crippen MR) is 129 cm³/mol. The van der Waals surface area contributed by atoms with E-state index in [2.05, 4.69) is 27.0 Å².